The Labute approximate surface area is 332 Å². The molecule has 0 bridgehead atoms. The second-order valence-corrected chi connectivity index (χ2v) is 14.8. The number of rotatable bonds is 18. The van der Waals surface area contributed by atoms with Crippen LogP contribution in [0.25, 0.3) is 0 Å². The van der Waals surface area contributed by atoms with E-state index >= 15 is 0 Å². The molecule has 0 aliphatic heterocycles. The first-order valence-corrected chi connectivity index (χ1v) is 19.8. The summed E-state index contributed by atoms with van der Waals surface area (Å²) in [6.45, 7) is 4.35. The van der Waals surface area contributed by atoms with E-state index in [1.807, 2.05) is 6.07 Å². The van der Waals surface area contributed by atoms with Crippen LogP contribution in [-0.4, -0.2) is 68.8 Å². The fourth-order valence-corrected chi connectivity index (χ4v) is 6.04. The van der Waals surface area contributed by atoms with Gasteiger partial charge >= 0.3 is 37.7 Å². The molecule has 0 unspecified atom stereocenters. The van der Waals surface area contributed by atoms with E-state index in [0.717, 1.165) is 49.7 Å². The van der Waals surface area contributed by atoms with Gasteiger partial charge in [0.2, 0.25) is 0 Å². The van der Waals surface area contributed by atoms with E-state index in [1.54, 1.807) is 24.3 Å². The van der Waals surface area contributed by atoms with Crippen LogP contribution in [0.4, 0.5) is 0 Å². The van der Waals surface area contributed by atoms with Crippen LogP contribution in [0.1, 0.15) is 89.2 Å². The number of phenols is 1. The number of hydrogen-bond acceptors (Lipinski definition) is 9. The summed E-state index contributed by atoms with van der Waals surface area (Å²) in [4.78, 5) is -0.510. The summed E-state index contributed by atoms with van der Waals surface area (Å²) < 4.78 is 74.8. The van der Waals surface area contributed by atoms with Gasteiger partial charge in [0.25, 0.3) is 10.1 Å². The summed E-state index contributed by atoms with van der Waals surface area (Å²) in [6, 6.07) is 20.6. The smallest absolute Gasteiger partial charge is 0.872 e. The molecule has 0 aliphatic rings. The summed E-state index contributed by atoms with van der Waals surface area (Å²) >= 11 is 0. The molecule has 0 fully saturated rings. The Kier molecular flexibility index (Phi) is 19.4. The summed E-state index contributed by atoms with van der Waals surface area (Å²) in [6.07, 6.45) is 13.2. The first kappa shape index (κ1) is 44.3. The van der Waals surface area contributed by atoms with Crippen molar-refractivity contribution >= 4 is 58.0 Å². The van der Waals surface area contributed by atoms with Crippen molar-refractivity contribution in [2.24, 2.45) is 0 Å². The third kappa shape index (κ3) is 16.2. The molecule has 51 heavy (non-hydrogen) atoms. The summed E-state index contributed by atoms with van der Waals surface area (Å²) in [5.41, 5.74) is 1.67. The van der Waals surface area contributed by atoms with Crippen molar-refractivity contribution in [2.75, 3.05) is 0 Å². The number of aryl methyl sites for hydroxylation is 2. The second kappa shape index (κ2) is 22.3. The monoisotopic (exact) mass is 766 g/mol. The molecule has 10 nitrogen and oxygen atoms in total. The minimum Gasteiger partial charge on any atom is -0.872 e. The molecule has 0 amide bonds. The Morgan fingerprint density at radius 2 is 0.980 bits per heavy atom. The van der Waals surface area contributed by atoms with Crippen LogP contribution in [0.15, 0.2) is 94.7 Å². The van der Waals surface area contributed by atoms with Crippen molar-refractivity contribution in [3.05, 3.63) is 96.1 Å². The first-order valence-electron chi connectivity index (χ1n) is 16.9. The maximum atomic E-state index is 12.1. The zero-order chi connectivity index (χ0) is 36.6. The van der Waals surface area contributed by atoms with Crippen molar-refractivity contribution in [2.45, 2.75) is 101 Å². The Bertz CT molecular complexity index is 1710. The molecular weight excluding hydrogens is 721 g/mol. The average Bonchev–Trinajstić information content (AvgIpc) is 3.06. The van der Waals surface area contributed by atoms with Crippen LogP contribution in [0, 0.1) is 0 Å². The van der Waals surface area contributed by atoms with Crippen LogP contribution in [-0.2, 0) is 33.1 Å². The molecule has 0 aromatic heterocycles. The third-order valence-electron chi connectivity index (χ3n) is 7.90. The van der Waals surface area contributed by atoms with Gasteiger partial charge in [-0.05, 0) is 98.0 Å². The van der Waals surface area contributed by atoms with Crippen LogP contribution in [0.5, 0.6) is 34.5 Å². The van der Waals surface area contributed by atoms with Gasteiger partial charge in [0, 0.05) is 6.07 Å². The molecule has 13 heteroatoms. The fraction of sp³-hybridized carbons (Fsp3) is 0.368. The summed E-state index contributed by atoms with van der Waals surface area (Å²) in [5, 5.41) is 22.3. The molecular formula is C38H46CaO10S2. The number of unbranched alkanes of at least 4 members (excludes halogenated alkanes) is 8. The van der Waals surface area contributed by atoms with Gasteiger partial charge in [0.05, 0.1) is 9.79 Å². The van der Waals surface area contributed by atoms with E-state index in [1.165, 1.54) is 93.1 Å². The fourth-order valence-electron chi connectivity index (χ4n) is 5.09. The number of hydrogen-bond donors (Lipinski definition) is 2. The van der Waals surface area contributed by atoms with E-state index in [0.29, 0.717) is 23.0 Å². The van der Waals surface area contributed by atoms with Crippen molar-refractivity contribution in [1.82, 2.24) is 0 Å². The van der Waals surface area contributed by atoms with Crippen molar-refractivity contribution in [3.8, 4) is 34.5 Å². The first-order chi connectivity index (χ1) is 23.8. The summed E-state index contributed by atoms with van der Waals surface area (Å²) in [7, 11) is -8.69. The predicted octanol–water partition coefficient (Wildman–Crippen LogP) is 8.53. The zero-order valence-corrected chi connectivity index (χ0v) is 33.1. The Balaban J connectivity index is 0.000000347. The van der Waals surface area contributed by atoms with E-state index in [4.69, 9.17) is 14.0 Å². The van der Waals surface area contributed by atoms with Crippen LogP contribution in [0.2, 0.25) is 0 Å². The van der Waals surface area contributed by atoms with E-state index in [-0.39, 0.29) is 59.0 Å². The SMILES string of the molecule is CCCCCCCc1ccc(Oc2ccc(S(=O)(=O)O)cc2)cc1O.CCCCCCCc1ccc(Oc2ccc(S(=O)(=O)[O-])cc2)cc1[O-].[Ca+2]. The largest absolute Gasteiger partial charge is 2.00 e. The molecule has 0 saturated heterocycles. The molecule has 4 aromatic rings. The molecule has 0 spiro atoms. The minimum absolute atomic E-state index is 0. The van der Waals surface area contributed by atoms with Gasteiger partial charge in [-0.1, -0.05) is 82.9 Å². The minimum atomic E-state index is -4.48. The van der Waals surface area contributed by atoms with E-state index in [9.17, 15) is 31.6 Å². The number of ether oxygens (including phenoxy) is 2. The molecule has 0 saturated carbocycles. The Hall–Kier alpha value is -2.84. The third-order valence-corrected chi connectivity index (χ3v) is 9.62. The van der Waals surface area contributed by atoms with Gasteiger partial charge in [-0.3, -0.25) is 4.55 Å². The van der Waals surface area contributed by atoms with Crippen molar-refractivity contribution in [1.29, 1.82) is 0 Å². The molecule has 2 N–H and O–H groups in total. The molecule has 4 rings (SSSR count). The van der Waals surface area contributed by atoms with Crippen molar-refractivity contribution < 1.29 is 45.6 Å². The summed E-state index contributed by atoms with van der Waals surface area (Å²) in [5.74, 6) is 1.76. The predicted molar refractivity (Wildman–Crippen MR) is 195 cm³/mol. The molecule has 0 atom stereocenters. The van der Waals surface area contributed by atoms with Gasteiger partial charge < -0.3 is 24.2 Å². The Morgan fingerprint density at radius 1 is 0.569 bits per heavy atom. The Morgan fingerprint density at radius 3 is 1.41 bits per heavy atom. The topological polar surface area (TPSA) is 173 Å². The molecule has 0 aliphatic carbocycles. The maximum absolute atomic E-state index is 12.1. The molecule has 0 radical (unpaired) electrons. The number of aromatic hydroxyl groups is 1. The van der Waals surface area contributed by atoms with Crippen LogP contribution >= 0.6 is 0 Å². The van der Waals surface area contributed by atoms with Gasteiger partial charge in [-0.15, -0.1) is 5.75 Å². The standard InChI is InChI=1S/2C19H24O5S.Ca/c2*1-2-3-4-5-6-7-15-8-9-17(14-19(15)20)24-16-10-12-18(13-11-16)25(21,22)23;/h2*8-14,20H,2-7H2,1H3,(H,21,22,23);/q;;+2/p-2. The van der Waals surface area contributed by atoms with E-state index in [2.05, 4.69) is 13.8 Å². The van der Waals surface area contributed by atoms with Gasteiger partial charge in [0.15, 0.2) is 0 Å². The van der Waals surface area contributed by atoms with Crippen molar-refractivity contribution in [3.63, 3.8) is 0 Å². The van der Waals surface area contributed by atoms with Gasteiger partial charge in [0.1, 0.15) is 38.9 Å². The number of benzene rings is 4. The van der Waals surface area contributed by atoms with Gasteiger partial charge in [-0.25, -0.2) is 8.42 Å². The normalized spacial score (nSPS) is 11.2. The molecule has 4 aromatic carbocycles. The second-order valence-electron chi connectivity index (χ2n) is 12.0. The maximum Gasteiger partial charge on any atom is 2.00 e. The average molecular weight is 767 g/mol. The molecule has 0 heterocycles. The van der Waals surface area contributed by atoms with Gasteiger partial charge in [-0.2, -0.15) is 8.42 Å². The number of phenolic OH excluding ortho intramolecular Hbond substituents is 1. The zero-order valence-electron chi connectivity index (χ0n) is 29.3. The van der Waals surface area contributed by atoms with Crippen LogP contribution in [0.3, 0.4) is 0 Å². The van der Waals surface area contributed by atoms with E-state index < -0.39 is 20.2 Å². The quantitative estimate of drug-likeness (QED) is 0.0568. The van der Waals surface area contributed by atoms with Crippen LogP contribution < -0.4 is 14.6 Å². The molecule has 272 valence electrons.